The van der Waals surface area contributed by atoms with Gasteiger partial charge in [0, 0.05) is 11.6 Å². The molecule has 2 aromatic carbocycles. The predicted molar refractivity (Wildman–Crippen MR) is 80.8 cm³/mol. The van der Waals surface area contributed by atoms with Gasteiger partial charge in [0.05, 0.1) is 5.69 Å². The van der Waals surface area contributed by atoms with Crippen molar-refractivity contribution in [2.24, 2.45) is 5.92 Å². The van der Waals surface area contributed by atoms with Crippen molar-refractivity contribution < 1.29 is 9.59 Å². The molecule has 0 radical (unpaired) electrons. The first kappa shape index (κ1) is 13.5. The zero-order valence-electron chi connectivity index (χ0n) is 11.7. The normalized spacial score (nSPS) is 21.6. The Bertz CT molecular complexity index is 655. The average Bonchev–Trinajstić information content (AvgIpc) is 2.83. The van der Waals surface area contributed by atoms with Gasteiger partial charge in [-0.25, -0.2) is 10.4 Å². The van der Waals surface area contributed by atoms with Crippen LogP contribution in [0.25, 0.3) is 0 Å². The number of hydrazine groups is 1. The first-order valence-electron chi connectivity index (χ1n) is 6.93. The SMILES string of the molecule is CC1NN(c2ccccc2)C(=O)C1C(=O)c1ccccc1. The van der Waals surface area contributed by atoms with Crippen molar-refractivity contribution >= 4 is 17.4 Å². The minimum Gasteiger partial charge on any atom is -0.293 e. The van der Waals surface area contributed by atoms with Gasteiger partial charge in [-0.15, -0.1) is 0 Å². The Hall–Kier alpha value is -2.46. The van der Waals surface area contributed by atoms with Gasteiger partial charge in [-0.1, -0.05) is 48.5 Å². The second-order valence-electron chi connectivity index (χ2n) is 5.13. The van der Waals surface area contributed by atoms with Crippen molar-refractivity contribution in [3.05, 3.63) is 66.2 Å². The molecule has 1 fully saturated rings. The zero-order valence-corrected chi connectivity index (χ0v) is 11.7. The molecule has 106 valence electrons. The molecule has 1 aliphatic heterocycles. The molecule has 0 bridgehead atoms. The van der Waals surface area contributed by atoms with Crippen LogP contribution >= 0.6 is 0 Å². The topological polar surface area (TPSA) is 49.4 Å². The summed E-state index contributed by atoms with van der Waals surface area (Å²) in [5.74, 6) is -1.03. The average molecular weight is 280 g/mol. The summed E-state index contributed by atoms with van der Waals surface area (Å²) in [5, 5.41) is 1.47. The van der Waals surface area contributed by atoms with Gasteiger partial charge in [-0.3, -0.25) is 9.59 Å². The van der Waals surface area contributed by atoms with Crippen LogP contribution in [0, 0.1) is 5.92 Å². The largest absolute Gasteiger partial charge is 0.293 e. The molecule has 21 heavy (non-hydrogen) atoms. The summed E-state index contributed by atoms with van der Waals surface area (Å²) in [6, 6.07) is 18.0. The number of Topliss-reactive ketones (excluding diaryl/α,β-unsaturated/α-hetero) is 1. The Morgan fingerprint density at radius 3 is 2.19 bits per heavy atom. The minimum atomic E-state index is -0.687. The van der Waals surface area contributed by atoms with Crippen LogP contribution in [0.1, 0.15) is 17.3 Å². The van der Waals surface area contributed by atoms with E-state index < -0.39 is 5.92 Å². The van der Waals surface area contributed by atoms with Crippen LogP contribution in [0.2, 0.25) is 0 Å². The van der Waals surface area contributed by atoms with Crippen molar-refractivity contribution in [1.29, 1.82) is 0 Å². The summed E-state index contributed by atoms with van der Waals surface area (Å²) in [5.41, 5.74) is 4.40. The Labute approximate surface area is 123 Å². The molecule has 0 spiro atoms. The summed E-state index contributed by atoms with van der Waals surface area (Å²) >= 11 is 0. The first-order chi connectivity index (χ1) is 10.2. The summed E-state index contributed by atoms with van der Waals surface area (Å²) in [4.78, 5) is 25.1. The number of benzene rings is 2. The van der Waals surface area contributed by atoms with Gasteiger partial charge in [-0.05, 0) is 19.1 Å². The third-order valence-corrected chi connectivity index (χ3v) is 3.67. The highest BCUT2D eigenvalue weighted by Crippen LogP contribution is 2.25. The maximum Gasteiger partial charge on any atom is 0.253 e. The zero-order chi connectivity index (χ0) is 14.8. The molecule has 3 rings (SSSR count). The van der Waals surface area contributed by atoms with Gasteiger partial charge in [0.1, 0.15) is 5.92 Å². The monoisotopic (exact) mass is 280 g/mol. The van der Waals surface area contributed by atoms with Crippen LogP contribution in [0.4, 0.5) is 5.69 Å². The number of para-hydroxylation sites is 1. The second-order valence-corrected chi connectivity index (χ2v) is 5.13. The molecule has 4 nitrogen and oxygen atoms in total. The number of hydrogen-bond donors (Lipinski definition) is 1. The van der Waals surface area contributed by atoms with Gasteiger partial charge in [0.15, 0.2) is 5.78 Å². The number of carbonyl (C=O) groups is 2. The van der Waals surface area contributed by atoms with E-state index in [0.717, 1.165) is 5.69 Å². The number of hydrogen-bond acceptors (Lipinski definition) is 3. The van der Waals surface area contributed by atoms with Gasteiger partial charge in [0.2, 0.25) is 0 Å². The molecule has 1 aliphatic rings. The number of nitrogens with zero attached hydrogens (tertiary/aromatic N) is 1. The first-order valence-corrected chi connectivity index (χ1v) is 6.93. The quantitative estimate of drug-likeness (QED) is 0.694. The van der Waals surface area contributed by atoms with E-state index >= 15 is 0 Å². The van der Waals surface area contributed by atoms with E-state index in [2.05, 4.69) is 5.43 Å². The third kappa shape index (κ3) is 2.45. The summed E-state index contributed by atoms with van der Waals surface area (Å²) < 4.78 is 0. The smallest absolute Gasteiger partial charge is 0.253 e. The predicted octanol–water partition coefficient (Wildman–Crippen LogP) is 2.43. The molecule has 2 unspecified atom stereocenters. The van der Waals surface area contributed by atoms with Crippen molar-refractivity contribution in [3.63, 3.8) is 0 Å². The Morgan fingerprint density at radius 2 is 1.57 bits per heavy atom. The van der Waals surface area contributed by atoms with E-state index in [0.29, 0.717) is 5.56 Å². The second kappa shape index (κ2) is 5.50. The summed E-state index contributed by atoms with van der Waals surface area (Å²) in [6.07, 6.45) is 0. The number of rotatable bonds is 3. The van der Waals surface area contributed by atoms with Crippen molar-refractivity contribution in [1.82, 2.24) is 5.43 Å². The van der Waals surface area contributed by atoms with E-state index in [1.807, 2.05) is 43.3 Å². The lowest BCUT2D eigenvalue weighted by atomic mass is 9.92. The number of anilines is 1. The van der Waals surface area contributed by atoms with E-state index in [1.54, 1.807) is 24.3 Å². The molecule has 1 N–H and O–H groups in total. The van der Waals surface area contributed by atoms with Crippen LogP contribution in [-0.2, 0) is 4.79 Å². The van der Waals surface area contributed by atoms with E-state index in [4.69, 9.17) is 0 Å². The standard InChI is InChI=1S/C17H16N2O2/c1-12-15(16(20)13-8-4-2-5-9-13)17(21)19(18-12)14-10-6-3-7-11-14/h2-12,15,18H,1H3. The Balaban J connectivity index is 1.88. The molecule has 0 saturated carbocycles. The van der Waals surface area contributed by atoms with Crippen molar-refractivity contribution in [2.45, 2.75) is 13.0 Å². The fourth-order valence-corrected chi connectivity index (χ4v) is 2.59. The molecule has 0 aliphatic carbocycles. The fraction of sp³-hybridized carbons (Fsp3) is 0.176. The molecule has 1 saturated heterocycles. The summed E-state index contributed by atoms with van der Waals surface area (Å²) in [6.45, 7) is 1.85. The lowest BCUT2D eigenvalue weighted by molar-refractivity contribution is -0.119. The molecule has 2 aromatic rings. The number of nitrogens with one attached hydrogen (secondary N) is 1. The van der Waals surface area contributed by atoms with Crippen LogP contribution in [0.15, 0.2) is 60.7 Å². The molecule has 0 aromatic heterocycles. The highest BCUT2D eigenvalue weighted by Gasteiger charge is 2.43. The Kier molecular flexibility index (Phi) is 3.54. The molecular formula is C17H16N2O2. The van der Waals surface area contributed by atoms with E-state index in [-0.39, 0.29) is 17.7 Å². The maximum atomic E-state index is 12.6. The number of ketones is 1. The van der Waals surface area contributed by atoms with Crippen LogP contribution in [0.5, 0.6) is 0 Å². The highest BCUT2D eigenvalue weighted by atomic mass is 16.2. The highest BCUT2D eigenvalue weighted by molar-refractivity contribution is 6.16. The van der Waals surface area contributed by atoms with Crippen LogP contribution in [0.3, 0.4) is 0 Å². The molecule has 2 atom stereocenters. The minimum absolute atomic E-state index is 0.140. The van der Waals surface area contributed by atoms with Gasteiger partial charge >= 0.3 is 0 Å². The third-order valence-electron chi connectivity index (χ3n) is 3.67. The number of amides is 1. The van der Waals surface area contributed by atoms with Crippen molar-refractivity contribution in [3.8, 4) is 0 Å². The summed E-state index contributed by atoms with van der Waals surface area (Å²) in [7, 11) is 0. The molecular weight excluding hydrogens is 264 g/mol. The van der Waals surface area contributed by atoms with Gasteiger partial charge in [-0.2, -0.15) is 0 Å². The number of carbonyl (C=O) groups excluding carboxylic acids is 2. The van der Waals surface area contributed by atoms with Crippen LogP contribution < -0.4 is 10.4 Å². The van der Waals surface area contributed by atoms with Gasteiger partial charge < -0.3 is 0 Å². The maximum absolute atomic E-state index is 12.6. The van der Waals surface area contributed by atoms with Crippen LogP contribution in [-0.4, -0.2) is 17.7 Å². The van der Waals surface area contributed by atoms with Crippen molar-refractivity contribution in [2.75, 3.05) is 5.01 Å². The lowest BCUT2D eigenvalue weighted by Crippen LogP contribution is -2.36. The van der Waals surface area contributed by atoms with E-state index in [9.17, 15) is 9.59 Å². The molecule has 4 heteroatoms. The van der Waals surface area contributed by atoms with E-state index in [1.165, 1.54) is 5.01 Å². The van der Waals surface area contributed by atoms with Gasteiger partial charge in [0.25, 0.3) is 5.91 Å². The molecule has 1 amide bonds. The Morgan fingerprint density at radius 1 is 1.00 bits per heavy atom. The fourth-order valence-electron chi connectivity index (χ4n) is 2.59. The lowest BCUT2D eigenvalue weighted by Gasteiger charge is -2.16. The molecule has 1 heterocycles.